The molecule has 0 aromatic heterocycles. The van der Waals surface area contributed by atoms with Crippen LogP contribution in [0.25, 0.3) is 43.4 Å². The van der Waals surface area contributed by atoms with Crippen LogP contribution in [0.2, 0.25) is 0 Å². The van der Waals surface area contributed by atoms with Crippen LogP contribution in [-0.4, -0.2) is 0 Å². The van der Waals surface area contributed by atoms with Crippen molar-refractivity contribution in [2.75, 3.05) is 0 Å². The van der Waals surface area contributed by atoms with E-state index in [1.807, 2.05) is 0 Å². The fourth-order valence-corrected chi connectivity index (χ4v) is 5.31. The standard InChI is InChI=1S/C25H20IP.HI/c1-2-22(26)19-9-4-3-8-18(19)21-14-17-11-10-15-6-5-7-16-12-13-20(25(21)27)24(17)23(15)16;/h3-14,22H,2,27H2,1H3;1H. The van der Waals surface area contributed by atoms with Gasteiger partial charge in [0.05, 0.1) is 0 Å². The van der Waals surface area contributed by atoms with Gasteiger partial charge in [-0.25, -0.2) is 0 Å². The molecular weight excluding hydrogens is 585 g/mol. The molecule has 0 radical (unpaired) electrons. The molecule has 0 fully saturated rings. The fourth-order valence-electron chi connectivity index (χ4n) is 4.29. The van der Waals surface area contributed by atoms with Gasteiger partial charge in [0.25, 0.3) is 0 Å². The van der Waals surface area contributed by atoms with Gasteiger partial charge in [0, 0.05) is 3.92 Å². The third-order valence-electron chi connectivity index (χ3n) is 5.64. The van der Waals surface area contributed by atoms with Crippen LogP contribution in [-0.2, 0) is 0 Å². The van der Waals surface area contributed by atoms with Crippen LogP contribution < -0.4 is 5.30 Å². The van der Waals surface area contributed by atoms with E-state index in [1.54, 1.807) is 0 Å². The van der Waals surface area contributed by atoms with Crippen LogP contribution in [0.15, 0.2) is 72.8 Å². The molecule has 2 unspecified atom stereocenters. The Morgan fingerprint density at radius 3 is 2.21 bits per heavy atom. The summed E-state index contributed by atoms with van der Waals surface area (Å²) < 4.78 is 0.522. The van der Waals surface area contributed by atoms with E-state index in [0.717, 1.165) is 6.42 Å². The molecule has 0 aliphatic heterocycles. The van der Waals surface area contributed by atoms with Crippen LogP contribution in [0.1, 0.15) is 22.8 Å². The van der Waals surface area contributed by atoms with Gasteiger partial charge in [0.15, 0.2) is 0 Å². The van der Waals surface area contributed by atoms with E-state index in [-0.39, 0.29) is 24.0 Å². The average molecular weight is 606 g/mol. The van der Waals surface area contributed by atoms with Crippen LogP contribution in [0.4, 0.5) is 0 Å². The van der Waals surface area contributed by atoms with Crippen LogP contribution in [0.3, 0.4) is 0 Å². The average Bonchev–Trinajstić information content (AvgIpc) is 2.72. The van der Waals surface area contributed by atoms with E-state index < -0.39 is 0 Å². The van der Waals surface area contributed by atoms with Crippen molar-refractivity contribution in [2.45, 2.75) is 17.3 Å². The molecule has 0 heterocycles. The van der Waals surface area contributed by atoms with E-state index in [0.29, 0.717) is 3.92 Å². The van der Waals surface area contributed by atoms with Gasteiger partial charge >= 0.3 is 0 Å². The zero-order valence-corrected chi connectivity index (χ0v) is 21.2. The van der Waals surface area contributed by atoms with Gasteiger partial charge in [-0.15, -0.1) is 33.2 Å². The zero-order valence-electron chi connectivity index (χ0n) is 15.6. The van der Waals surface area contributed by atoms with Gasteiger partial charge in [-0.05, 0) is 66.8 Å². The highest BCUT2D eigenvalue weighted by molar-refractivity contribution is 14.1. The summed E-state index contributed by atoms with van der Waals surface area (Å²) in [4.78, 5) is 0. The van der Waals surface area contributed by atoms with Gasteiger partial charge in [0.1, 0.15) is 0 Å². The number of halogens is 2. The minimum absolute atomic E-state index is 0. The van der Waals surface area contributed by atoms with Crippen molar-refractivity contribution in [1.82, 2.24) is 0 Å². The summed E-state index contributed by atoms with van der Waals surface area (Å²) in [5.41, 5.74) is 4.11. The maximum Gasteiger partial charge on any atom is 0.0363 e. The maximum absolute atomic E-state index is 3.03. The quantitative estimate of drug-likeness (QED) is 0.0841. The number of benzene rings is 5. The summed E-state index contributed by atoms with van der Waals surface area (Å²) in [6, 6.07) is 26.9. The normalized spacial score (nSPS) is 12.5. The molecule has 5 rings (SSSR count). The first kappa shape index (κ1) is 20.3. The Balaban J connectivity index is 0.00000192. The summed E-state index contributed by atoms with van der Waals surface area (Å²) >= 11 is 2.57. The number of hydrogen-bond acceptors (Lipinski definition) is 0. The van der Waals surface area contributed by atoms with Crippen molar-refractivity contribution in [2.24, 2.45) is 0 Å². The van der Waals surface area contributed by atoms with Crippen molar-refractivity contribution in [1.29, 1.82) is 0 Å². The lowest BCUT2D eigenvalue weighted by atomic mass is 9.89. The molecule has 0 N–H and O–H groups in total. The van der Waals surface area contributed by atoms with Crippen LogP contribution in [0, 0.1) is 0 Å². The molecule has 2 atom stereocenters. The van der Waals surface area contributed by atoms with Crippen molar-refractivity contribution in [3.8, 4) is 11.1 Å². The van der Waals surface area contributed by atoms with E-state index >= 15 is 0 Å². The maximum atomic E-state index is 3.03. The Morgan fingerprint density at radius 2 is 1.46 bits per heavy atom. The van der Waals surface area contributed by atoms with Gasteiger partial charge in [0.2, 0.25) is 0 Å². The third-order valence-corrected chi connectivity index (χ3v) is 7.81. The minimum atomic E-state index is 0. The van der Waals surface area contributed by atoms with Gasteiger partial charge < -0.3 is 0 Å². The first-order chi connectivity index (χ1) is 13.2. The van der Waals surface area contributed by atoms with Gasteiger partial charge in [-0.2, -0.15) is 0 Å². The second-order valence-corrected chi connectivity index (χ2v) is 9.24. The summed E-state index contributed by atoms with van der Waals surface area (Å²) in [6.07, 6.45) is 1.14. The molecular formula is C25H21I2P. The molecule has 5 aromatic rings. The number of hydrogen-bond donors (Lipinski definition) is 0. The predicted octanol–water partition coefficient (Wildman–Crippen LogP) is 8.26. The molecule has 0 spiro atoms. The Morgan fingerprint density at radius 1 is 0.786 bits per heavy atom. The molecule has 0 amide bonds. The summed E-state index contributed by atoms with van der Waals surface area (Å²) in [5.74, 6) is 0. The monoisotopic (exact) mass is 606 g/mol. The number of alkyl halides is 1. The molecule has 0 aliphatic rings. The molecule has 140 valence electrons. The lowest BCUT2D eigenvalue weighted by Crippen LogP contribution is -2.03. The SMILES string of the molecule is CCC(I)c1ccccc1-c1cc2ccc3cccc4ccc(c1P)c2c34.I. The van der Waals surface area contributed by atoms with Gasteiger partial charge in [-0.3, -0.25) is 0 Å². The molecule has 0 aliphatic carbocycles. The minimum Gasteiger partial charge on any atom is -0.107 e. The molecule has 0 saturated heterocycles. The molecule has 0 bridgehead atoms. The largest absolute Gasteiger partial charge is 0.107 e. The lowest BCUT2D eigenvalue weighted by molar-refractivity contribution is 0.930. The first-order valence-electron chi connectivity index (χ1n) is 9.38. The molecule has 0 saturated carbocycles. The first-order valence-corrected chi connectivity index (χ1v) is 11.2. The molecule has 28 heavy (non-hydrogen) atoms. The van der Waals surface area contributed by atoms with Crippen molar-refractivity contribution in [3.05, 3.63) is 78.4 Å². The Hall–Kier alpha value is -0.970. The van der Waals surface area contributed by atoms with E-state index in [1.165, 1.54) is 54.3 Å². The van der Waals surface area contributed by atoms with Crippen molar-refractivity contribution in [3.63, 3.8) is 0 Å². The number of rotatable bonds is 3. The second-order valence-electron chi connectivity index (χ2n) is 7.16. The van der Waals surface area contributed by atoms with Crippen LogP contribution in [0.5, 0.6) is 0 Å². The smallest absolute Gasteiger partial charge is 0.0363 e. The predicted molar refractivity (Wildman–Crippen MR) is 147 cm³/mol. The van der Waals surface area contributed by atoms with E-state index in [9.17, 15) is 0 Å². The summed E-state index contributed by atoms with van der Waals surface area (Å²) in [5, 5.41) is 9.38. The third kappa shape index (κ3) is 3.12. The van der Waals surface area contributed by atoms with Crippen molar-refractivity contribution < 1.29 is 0 Å². The Labute approximate surface area is 198 Å². The summed E-state index contributed by atoms with van der Waals surface area (Å²) in [7, 11) is 3.03. The highest BCUT2D eigenvalue weighted by Gasteiger charge is 2.17. The molecule has 5 aromatic carbocycles. The van der Waals surface area contributed by atoms with E-state index in [2.05, 4.69) is 112 Å². The van der Waals surface area contributed by atoms with E-state index in [4.69, 9.17) is 0 Å². The molecule has 3 heteroatoms. The van der Waals surface area contributed by atoms with Crippen molar-refractivity contribution >= 4 is 93.4 Å². The topological polar surface area (TPSA) is 0 Å². The second kappa shape index (κ2) is 8.04. The van der Waals surface area contributed by atoms with Crippen LogP contribution >= 0.6 is 55.8 Å². The lowest BCUT2D eigenvalue weighted by Gasteiger charge is -2.19. The molecule has 0 nitrogen and oxygen atoms in total. The highest BCUT2D eigenvalue weighted by atomic mass is 127. The Kier molecular flexibility index (Phi) is 5.83. The highest BCUT2D eigenvalue weighted by Crippen LogP contribution is 2.40. The van der Waals surface area contributed by atoms with Gasteiger partial charge in [-0.1, -0.05) is 96.2 Å². The zero-order chi connectivity index (χ0) is 18.5. The fraction of sp³-hybridized carbons (Fsp3) is 0.120. The Bertz CT molecular complexity index is 1280. The summed E-state index contributed by atoms with van der Waals surface area (Å²) in [6.45, 7) is 2.26.